The second kappa shape index (κ2) is 8.32. The van der Waals surface area contributed by atoms with E-state index in [4.69, 9.17) is 4.74 Å². The summed E-state index contributed by atoms with van der Waals surface area (Å²) in [5, 5.41) is 3.12. The number of rotatable bonds is 3. The summed E-state index contributed by atoms with van der Waals surface area (Å²) in [5.74, 6) is 0.245. The van der Waals surface area contributed by atoms with E-state index in [2.05, 4.69) is 17.4 Å². The lowest BCUT2D eigenvalue weighted by molar-refractivity contribution is -0.126. The van der Waals surface area contributed by atoms with Gasteiger partial charge in [0.2, 0.25) is 5.91 Å². The van der Waals surface area contributed by atoms with Crippen molar-refractivity contribution in [1.82, 2.24) is 10.2 Å². The average Bonchev–Trinajstić information content (AvgIpc) is 2.65. The van der Waals surface area contributed by atoms with E-state index in [0.717, 1.165) is 37.7 Å². The molecule has 148 valence electrons. The number of carbonyl (C=O) groups excluding carboxylic acids is 2. The highest BCUT2D eigenvalue weighted by atomic mass is 16.6. The van der Waals surface area contributed by atoms with E-state index in [0.29, 0.717) is 13.1 Å². The minimum Gasteiger partial charge on any atom is -0.444 e. The highest BCUT2D eigenvalue weighted by Crippen LogP contribution is 2.31. The molecule has 1 fully saturated rings. The molecule has 0 spiro atoms. The molecule has 0 bridgehead atoms. The third-order valence-corrected chi connectivity index (χ3v) is 5.49. The van der Waals surface area contributed by atoms with Crippen LogP contribution in [0.3, 0.4) is 0 Å². The average molecular weight is 373 g/mol. The summed E-state index contributed by atoms with van der Waals surface area (Å²) in [4.78, 5) is 27.2. The van der Waals surface area contributed by atoms with Crippen molar-refractivity contribution >= 4 is 12.0 Å². The molecule has 27 heavy (non-hydrogen) atoms. The lowest BCUT2D eigenvalue weighted by atomic mass is 9.88. The lowest BCUT2D eigenvalue weighted by Gasteiger charge is -2.38. The first-order chi connectivity index (χ1) is 12.8. The van der Waals surface area contributed by atoms with Crippen molar-refractivity contribution in [2.45, 2.75) is 70.9 Å². The number of amides is 2. The van der Waals surface area contributed by atoms with Gasteiger partial charge in [-0.25, -0.2) is 4.79 Å². The molecule has 1 atom stereocenters. The highest BCUT2D eigenvalue weighted by molar-refractivity contribution is 5.79. The van der Waals surface area contributed by atoms with E-state index < -0.39 is 5.60 Å². The predicted octanol–water partition coefficient (Wildman–Crippen LogP) is 4.22. The van der Waals surface area contributed by atoms with Crippen molar-refractivity contribution in [3.05, 3.63) is 35.4 Å². The van der Waals surface area contributed by atoms with Crippen LogP contribution in [0.15, 0.2) is 24.3 Å². The third kappa shape index (κ3) is 5.02. The quantitative estimate of drug-likeness (QED) is 0.864. The zero-order chi connectivity index (χ0) is 19.4. The second-order valence-electron chi connectivity index (χ2n) is 8.72. The Morgan fingerprint density at radius 1 is 1.15 bits per heavy atom. The van der Waals surface area contributed by atoms with E-state index in [-0.39, 0.29) is 24.0 Å². The zero-order valence-electron chi connectivity index (χ0n) is 16.8. The molecule has 5 nitrogen and oxygen atoms in total. The van der Waals surface area contributed by atoms with Gasteiger partial charge >= 0.3 is 6.09 Å². The van der Waals surface area contributed by atoms with Crippen molar-refractivity contribution in [2.75, 3.05) is 13.1 Å². The molecule has 1 aromatic rings. The first-order valence-corrected chi connectivity index (χ1v) is 10.2. The smallest absolute Gasteiger partial charge is 0.410 e. The molecular formula is C22H32N2O3. The summed E-state index contributed by atoms with van der Waals surface area (Å²) in [7, 11) is 0. The lowest BCUT2D eigenvalue weighted by Crippen LogP contribution is -2.47. The second-order valence-corrected chi connectivity index (χ2v) is 8.72. The summed E-state index contributed by atoms with van der Waals surface area (Å²) < 4.78 is 5.62. The van der Waals surface area contributed by atoms with Gasteiger partial charge in [-0.3, -0.25) is 9.69 Å². The van der Waals surface area contributed by atoms with Gasteiger partial charge < -0.3 is 10.1 Å². The van der Waals surface area contributed by atoms with Crippen LogP contribution in [0.1, 0.15) is 70.0 Å². The molecule has 5 heteroatoms. The summed E-state index contributed by atoms with van der Waals surface area (Å²) in [6.07, 6.45) is 5.94. The monoisotopic (exact) mass is 372 g/mol. The van der Waals surface area contributed by atoms with Crippen LogP contribution >= 0.6 is 0 Å². The number of ether oxygens (including phenoxy) is 1. The van der Waals surface area contributed by atoms with E-state index in [1.807, 2.05) is 32.9 Å². The van der Waals surface area contributed by atoms with Crippen molar-refractivity contribution < 1.29 is 14.3 Å². The fraction of sp³-hybridized carbons (Fsp3) is 0.636. The van der Waals surface area contributed by atoms with Crippen LogP contribution in [0.2, 0.25) is 0 Å². The normalized spacial score (nSPS) is 20.7. The molecule has 0 saturated heterocycles. The Morgan fingerprint density at radius 3 is 2.56 bits per heavy atom. The molecule has 1 heterocycles. The Hall–Kier alpha value is -2.04. The van der Waals surface area contributed by atoms with E-state index >= 15 is 0 Å². The van der Waals surface area contributed by atoms with Gasteiger partial charge in [0.1, 0.15) is 5.60 Å². The van der Waals surface area contributed by atoms with Gasteiger partial charge in [-0.05, 0) is 51.2 Å². The van der Waals surface area contributed by atoms with Crippen LogP contribution in [0.25, 0.3) is 0 Å². The Balaban J connectivity index is 1.74. The fourth-order valence-corrected chi connectivity index (χ4v) is 4.12. The summed E-state index contributed by atoms with van der Waals surface area (Å²) >= 11 is 0. The standard InChI is InChI=1S/C22H32N2O3/c1-22(2,3)27-21(26)24-14-13-16-9-7-8-12-18(16)19(24)15-23-20(25)17-10-5-4-6-11-17/h7-9,12,17,19H,4-6,10-11,13-15H2,1-3H3,(H,23,25)/t19-/m0/s1. The van der Waals surface area contributed by atoms with Gasteiger partial charge in [0.05, 0.1) is 6.04 Å². The van der Waals surface area contributed by atoms with Crippen molar-refractivity contribution in [3.63, 3.8) is 0 Å². The van der Waals surface area contributed by atoms with Crippen LogP contribution in [0.4, 0.5) is 4.79 Å². The number of fused-ring (bicyclic) bond motifs is 1. The molecule has 1 N–H and O–H groups in total. The Labute approximate surface area is 162 Å². The molecule has 3 rings (SSSR count). The van der Waals surface area contributed by atoms with E-state index in [9.17, 15) is 9.59 Å². The molecule has 1 saturated carbocycles. The number of hydrogen-bond donors (Lipinski definition) is 1. The van der Waals surface area contributed by atoms with Crippen LogP contribution in [-0.4, -0.2) is 35.6 Å². The maximum Gasteiger partial charge on any atom is 0.410 e. The maximum atomic E-state index is 12.8. The first kappa shape index (κ1) is 19.7. The van der Waals surface area contributed by atoms with Crippen LogP contribution in [0, 0.1) is 5.92 Å². The van der Waals surface area contributed by atoms with Gasteiger partial charge in [0.25, 0.3) is 0 Å². The van der Waals surface area contributed by atoms with Gasteiger partial charge in [0, 0.05) is 19.0 Å². The molecular weight excluding hydrogens is 340 g/mol. The number of nitrogens with one attached hydrogen (secondary N) is 1. The molecule has 1 aromatic carbocycles. The van der Waals surface area contributed by atoms with Gasteiger partial charge in [-0.2, -0.15) is 0 Å². The molecule has 2 amide bonds. The molecule has 1 aliphatic carbocycles. The SMILES string of the molecule is CC(C)(C)OC(=O)N1CCc2ccccc2[C@@H]1CNC(=O)C1CCCCC1. The van der Waals surface area contributed by atoms with Crippen molar-refractivity contribution in [1.29, 1.82) is 0 Å². The minimum absolute atomic E-state index is 0.118. The third-order valence-electron chi connectivity index (χ3n) is 5.49. The molecule has 0 unspecified atom stereocenters. The Morgan fingerprint density at radius 2 is 1.85 bits per heavy atom. The van der Waals surface area contributed by atoms with Crippen LogP contribution in [0.5, 0.6) is 0 Å². The summed E-state index contributed by atoms with van der Waals surface area (Å²) in [6.45, 7) is 6.68. The summed E-state index contributed by atoms with van der Waals surface area (Å²) in [5.41, 5.74) is 1.82. The predicted molar refractivity (Wildman–Crippen MR) is 105 cm³/mol. The fourth-order valence-electron chi connectivity index (χ4n) is 4.12. The highest BCUT2D eigenvalue weighted by Gasteiger charge is 2.34. The topological polar surface area (TPSA) is 58.6 Å². The Bertz CT molecular complexity index is 674. The van der Waals surface area contributed by atoms with Crippen molar-refractivity contribution in [3.8, 4) is 0 Å². The summed E-state index contributed by atoms with van der Waals surface area (Å²) in [6, 6.07) is 8.01. The molecule has 0 radical (unpaired) electrons. The van der Waals surface area contributed by atoms with Gasteiger partial charge in [0.15, 0.2) is 0 Å². The zero-order valence-corrected chi connectivity index (χ0v) is 16.8. The van der Waals surface area contributed by atoms with E-state index in [1.165, 1.54) is 12.0 Å². The Kier molecular flexibility index (Phi) is 6.08. The van der Waals surface area contributed by atoms with Crippen LogP contribution < -0.4 is 5.32 Å². The number of carbonyl (C=O) groups is 2. The maximum absolute atomic E-state index is 12.8. The molecule has 2 aliphatic rings. The van der Waals surface area contributed by atoms with Crippen LogP contribution in [-0.2, 0) is 16.0 Å². The van der Waals surface area contributed by atoms with Gasteiger partial charge in [-0.1, -0.05) is 43.5 Å². The van der Waals surface area contributed by atoms with E-state index in [1.54, 1.807) is 4.90 Å². The first-order valence-electron chi connectivity index (χ1n) is 10.2. The molecule has 0 aromatic heterocycles. The largest absolute Gasteiger partial charge is 0.444 e. The number of nitrogens with zero attached hydrogens (tertiary/aromatic N) is 1. The molecule has 1 aliphatic heterocycles. The van der Waals surface area contributed by atoms with Gasteiger partial charge in [-0.15, -0.1) is 0 Å². The number of hydrogen-bond acceptors (Lipinski definition) is 3. The minimum atomic E-state index is -0.538. The van der Waals surface area contributed by atoms with Crippen molar-refractivity contribution in [2.24, 2.45) is 5.92 Å². The number of benzene rings is 1.